The predicted octanol–water partition coefficient (Wildman–Crippen LogP) is 2.84. The van der Waals surface area contributed by atoms with E-state index in [0.717, 1.165) is 16.2 Å². The zero-order valence-corrected chi connectivity index (χ0v) is 12.9. The smallest absolute Gasteiger partial charge is 0.245 e. The molecule has 2 aromatic rings. The van der Waals surface area contributed by atoms with Crippen LogP contribution in [-0.2, 0) is 12.0 Å². The fourth-order valence-electron chi connectivity index (χ4n) is 1.42. The number of hydrogen-bond donors (Lipinski definition) is 1. The molecule has 0 bridgehead atoms. The Morgan fingerprint density at radius 3 is 2.58 bits per heavy atom. The van der Waals surface area contributed by atoms with Crippen LogP contribution in [-0.4, -0.2) is 20.1 Å². The Labute approximate surface area is 120 Å². The van der Waals surface area contributed by atoms with Crippen LogP contribution in [0.4, 0.5) is 5.82 Å². The molecule has 0 radical (unpaired) electrons. The Hall–Kier alpha value is -1.50. The third kappa shape index (κ3) is 3.73. The molecular weight excluding hydrogens is 310 g/mol. The second-order valence-corrected chi connectivity index (χ2v) is 6.05. The molecule has 0 spiro atoms. The molecule has 0 unspecified atom stereocenters. The SMILES string of the molecule is Cc1noc(CNc2cc(Br)nc(C(C)(C)C)n2)n1. The van der Waals surface area contributed by atoms with Gasteiger partial charge in [0, 0.05) is 11.5 Å². The van der Waals surface area contributed by atoms with Gasteiger partial charge in [0.1, 0.15) is 16.2 Å². The first-order valence-corrected chi connectivity index (χ1v) is 6.72. The van der Waals surface area contributed by atoms with E-state index in [1.807, 2.05) is 6.07 Å². The van der Waals surface area contributed by atoms with E-state index in [2.05, 4.69) is 62.1 Å². The molecule has 2 rings (SSSR count). The molecule has 0 fully saturated rings. The summed E-state index contributed by atoms with van der Waals surface area (Å²) in [6.07, 6.45) is 0. The van der Waals surface area contributed by atoms with Gasteiger partial charge >= 0.3 is 0 Å². The van der Waals surface area contributed by atoms with Crippen molar-refractivity contribution in [3.63, 3.8) is 0 Å². The monoisotopic (exact) mass is 325 g/mol. The van der Waals surface area contributed by atoms with Gasteiger partial charge in [0.2, 0.25) is 5.89 Å². The van der Waals surface area contributed by atoms with Crippen LogP contribution in [0.5, 0.6) is 0 Å². The van der Waals surface area contributed by atoms with Crippen LogP contribution in [0.15, 0.2) is 15.2 Å². The van der Waals surface area contributed by atoms with Crippen LogP contribution in [0.2, 0.25) is 0 Å². The molecule has 0 amide bonds. The summed E-state index contributed by atoms with van der Waals surface area (Å²) in [7, 11) is 0. The summed E-state index contributed by atoms with van der Waals surface area (Å²) in [5, 5.41) is 6.89. The fourth-order valence-corrected chi connectivity index (χ4v) is 1.81. The van der Waals surface area contributed by atoms with Crippen molar-refractivity contribution >= 4 is 21.7 Å². The first kappa shape index (κ1) is 13.9. The molecule has 102 valence electrons. The third-order valence-corrected chi connectivity index (χ3v) is 2.76. The highest BCUT2D eigenvalue weighted by atomic mass is 79.9. The standard InChI is InChI=1S/C12H16BrN5O/c1-7-15-10(19-18-7)6-14-9-5-8(13)16-11(17-9)12(2,3)4/h5H,6H2,1-4H3,(H,14,16,17). The Balaban J connectivity index is 2.14. The van der Waals surface area contributed by atoms with E-state index in [1.54, 1.807) is 6.92 Å². The first-order chi connectivity index (χ1) is 8.84. The van der Waals surface area contributed by atoms with E-state index < -0.39 is 0 Å². The number of hydrogen-bond acceptors (Lipinski definition) is 6. The van der Waals surface area contributed by atoms with Gasteiger partial charge in [-0.2, -0.15) is 4.98 Å². The molecule has 0 saturated heterocycles. The summed E-state index contributed by atoms with van der Waals surface area (Å²) in [6.45, 7) is 8.43. The molecule has 0 aliphatic heterocycles. The maximum atomic E-state index is 5.04. The average Bonchev–Trinajstić information content (AvgIpc) is 2.71. The van der Waals surface area contributed by atoms with E-state index in [0.29, 0.717) is 18.3 Å². The topological polar surface area (TPSA) is 76.7 Å². The minimum atomic E-state index is -0.110. The minimum Gasteiger partial charge on any atom is -0.361 e. The van der Waals surface area contributed by atoms with Crippen molar-refractivity contribution in [2.45, 2.75) is 39.7 Å². The van der Waals surface area contributed by atoms with Gasteiger partial charge < -0.3 is 9.84 Å². The van der Waals surface area contributed by atoms with Crippen LogP contribution >= 0.6 is 15.9 Å². The number of nitrogens with zero attached hydrogens (tertiary/aromatic N) is 4. The highest BCUT2D eigenvalue weighted by Crippen LogP contribution is 2.22. The van der Waals surface area contributed by atoms with Crippen molar-refractivity contribution in [3.05, 3.63) is 28.2 Å². The lowest BCUT2D eigenvalue weighted by Crippen LogP contribution is -2.17. The Morgan fingerprint density at radius 1 is 1.26 bits per heavy atom. The van der Waals surface area contributed by atoms with Crippen LogP contribution in [0.25, 0.3) is 0 Å². The average molecular weight is 326 g/mol. The second kappa shape index (κ2) is 5.24. The minimum absolute atomic E-state index is 0.110. The molecule has 0 aromatic carbocycles. The zero-order valence-electron chi connectivity index (χ0n) is 11.4. The maximum Gasteiger partial charge on any atom is 0.245 e. The van der Waals surface area contributed by atoms with Crippen molar-refractivity contribution in [2.24, 2.45) is 0 Å². The molecule has 0 atom stereocenters. The van der Waals surface area contributed by atoms with E-state index in [9.17, 15) is 0 Å². The molecule has 6 nitrogen and oxygen atoms in total. The Bertz CT molecular complexity index is 576. The normalized spacial score (nSPS) is 11.6. The number of anilines is 1. The fraction of sp³-hybridized carbons (Fsp3) is 0.500. The molecule has 0 saturated carbocycles. The third-order valence-electron chi connectivity index (χ3n) is 2.36. The molecule has 19 heavy (non-hydrogen) atoms. The lowest BCUT2D eigenvalue weighted by molar-refractivity contribution is 0.379. The second-order valence-electron chi connectivity index (χ2n) is 5.24. The van der Waals surface area contributed by atoms with Crippen LogP contribution in [0.1, 0.15) is 38.3 Å². The van der Waals surface area contributed by atoms with E-state index >= 15 is 0 Å². The molecule has 1 N–H and O–H groups in total. The van der Waals surface area contributed by atoms with Gasteiger partial charge in [-0.1, -0.05) is 25.9 Å². The largest absolute Gasteiger partial charge is 0.361 e. The summed E-state index contributed by atoms with van der Waals surface area (Å²) in [5.41, 5.74) is -0.110. The Morgan fingerprint density at radius 2 is 2.00 bits per heavy atom. The molecule has 7 heteroatoms. The predicted molar refractivity (Wildman–Crippen MR) is 74.8 cm³/mol. The van der Waals surface area contributed by atoms with Crippen LogP contribution in [0, 0.1) is 6.92 Å². The van der Waals surface area contributed by atoms with Crippen molar-refractivity contribution < 1.29 is 4.52 Å². The van der Waals surface area contributed by atoms with E-state index in [-0.39, 0.29) is 5.41 Å². The quantitative estimate of drug-likeness (QED) is 0.874. The number of halogens is 1. The number of aryl methyl sites for hydroxylation is 1. The van der Waals surface area contributed by atoms with Crippen molar-refractivity contribution in [3.8, 4) is 0 Å². The van der Waals surface area contributed by atoms with Crippen LogP contribution in [0.3, 0.4) is 0 Å². The van der Waals surface area contributed by atoms with Crippen molar-refractivity contribution in [1.82, 2.24) is 20.1 Å². The number of nitrogens with one attached hydrogen (secondary N) is 1. The summed E-state index contributed by atoms with van der Waals surface area (Å²) in [4.78, 5) is 13.0. The lowest BCUT2D eigenvalue weighted by atomic mass is 9.96. The molecule has 0 aliphatic rings. The van der Waals surface area contributed by atoms with Gasteiger partial charge in [0.15, 0.2) is 5.82 Å². The van der Waals surface area contributed by atoms with Gasteiger partial charge in [-0.05, 0) is 22.9 Å². The number of aromatic nitrogens is 4. The van der Waals surface area contributed by atoms with Gasteiger partial charge in [-0.3, -0.25) is 0 Å². The highest BCUT2D eigenvalue weighted by Gasteiger charge is 2.18. The Kier molecular flexibility index (Phi) is 3.84. The van der Waals surface area contributed by atoms with Crippen LogP contribution < -0.4 is 5.32 Å². The molecule has 0 aliphatic carbocycles. The van der Waals surface area contributed by atoms with Gasteiger partial charge in [-0.25, -0.2) is 9.97 Å². The van der Waals surface area contributed by atoms with Gasteiger partial charge in [0.25, 0.3) is 0 Å². The molecular formula is C12H16BrN5O. The molecule has 2 heterocycles. The lowest BCUT2D eigenvalue weighted by Gasteiger charge is -2.17. The molecule has 2 aromatic heterocycles. The zero-order chi connectivity index (χ0) is 14.0. The summed E-state index contributed by atoms with van der Waals surface area (Å²) >= 11 is 3.39. The maximum absolute atomic E-state index is 5.04. The summed E-state index contributed by atoms with van der Waals surface area (Å²) in [6, 6.07) is 1.82. The summed E-state index contributed by atoms with van der Waals surface area (Å²) < 4.78 is 5.78. The van der Waals surface area contributed by atoms with E-state index in [1.165, 1.54) is 0 Å². The van der Waals surface area contributed by atoms with Gasteiger partial charge in [-0.15, -0.1) is 0 Å². The van der Waals surface area contributed by atoms with Crippen molar-refractivity contribution in [1.29, 1.82) is 0 Å². The van der Waals surface area contributed by atoms with Crippen molar-refractivity contribution in [2.75, 3.05) is 5.32 Å². The van der Waals surface area contributed by atoms with E-state index in [4.69, 9.17) is 4.52 Å². The number of rotatable bonds is 3. The van der Waals surface area contributed by atoms with Gasteiger partial charge in [0.05, 0.1) is 6.54 Å². The summed E-state index contributed by atoms with van der Waals surface area (Å²) in [5.74, 6) is 2.65. The first-order valence-electron chi connectivity index (χ1n) is 5.93. The highest BCUT2D eigenvalue weighted by molar-refractivity contribution is 9.10.